The minimum absolute atomic E-state index is 0.0159. The summed E-state index contributed by atoms with van der Waals surface area (Å²) in [5, 5.41) is 4.51. The highest BCUT2D eigenvalue weighted by Gasteiger charge is 2.28. The maximum Gasteiger partial charge on any atom is 0.350 e. The number of carbonyl (C=O) groups is 1. The molecule has 3 aromatic rings. The molecule has 1 aliphatic heterocycles. The van der Waals surface area contributed by atoms with Gasteiger partial charge in [-0.15, -0.1) is 0 Å². The van der Waals surface area contributed by atoms with Crippen LogP contribution in [0.1, 0.15) is 49.9 Å². The Labute approximate surface area is 188 Å². The molecule has 1 aromatic heterocycles. The van der Waals surface area contributed by atoms with E-state index in [2.05, 4.69) is 18.9 Å². The molecule has 0 atom stereocenters. The highest BCUT2D eigenvalue weighted by atomic mass is 16.5. The van der Waals surface area contributed by atoms with E-state index in [-0.39, 0.29) is 24.1 Å². The monoisotopic (exact) mass is 434 g/mol. The lowest BCUT2D eigenvalue weighted by molar-refractivity contribution is -0.134. The third-order valence-electron chi connectivity index (χ3n) is 6.09. The second-order valence-corrected chi connectivity index (χ2v) is 8.60. The van der Waals surface area contributed by atoms with Crippen LogP contribution in [0.2, 0.25) is 0 Å². The second-order valence-electron chi connectivity index (χ2n) is 8.60. The number of rotatable bonds is 6. The van der Waals surface area contributed by atoms with E-state index in [1.165, 1.54) is 10.2 Å². The molecule has 0 N–H and O–H groups in total. The standard InChI is InChI=1S/C25H30N4O3/c1-18(2)19-9-11-22(12-10-19)32-17-23(30)28-15-13-20(14-16-28)24-26-27(3)25(31)29(24)21-7-5-4-6-8-21/h4-12,18,20H,13-17H2,1-3H3. The molecule has 0 aliphatic carbocycles. The minimum Gasteiger partial charge on any atom is -0.484 e. The maximum atomic E-state index is 12.7. The third-order valence-corrected chi connectivity index (χ3v) is 6.09. The van der Waals surface area contributed by atoms with Crippen molar-refractivity contribution < 1.29 is 9.53 Å². The van der Waals surface area contributed by atoms with Gasteiger partial charge in [-0.1, -0.05) is 44.2 Å². The average Bonchev–Trinajstić information content (AvgIpc) is 3.12. The van der Waals surface area contributed by atoms with Crippen LogP contribution in [0.5, 0.6) is 5.75 Å². The van der Waals surface area contributed by atoms with Gasteiger partial charge < -0.3 is 9.64 Å². The van der Waals surface area contributed by atoms with Gasteiger partial charge in [0, 0.05) is 26.1 Å². The number of hydrogen-bond acceptors (Lipinski definition) is 4. The molecule has 2 heterocycles. The van der Waals surface area contributed by atoms with Crippen LogP contribution in [0.4, 0.5) is 0 Å². The summed E-state index contributed by atoms with van der Waals surface area (Å²) in [6.45, 7) is 5.57. The van der Waals surface area contributed by atoms with Gasteiger partial charge in [-0.3, -0.25) is 4.79 Å². The van der Waals surface area contributed by atoms with Gasteiger partial charge in [0.25, 0.3) is 5.91 Å². The predicted octanol–water partition coefficient (Wildman–Crippen LogP) is 3.48. The number of likely N-dealkylation sites (tertiary alicyclic amines) is 1. The summed E-state index contributed by atoms with van der Waals surface area (Å²) in [5.41, 5.74) is 1.91. The largest absolute Gasteiger partial charge is 0.484 e. The molecular formula is C25H30N4O3. The van der Waals surface area contributed by atoms with E-state index in [1.807, 2.05) is 59.5 Å². The normalized spacial score (nSPS) is 14.7. The topological polar surface area (TPSA) is 69.4 Å². The summed E-state index contributed by atoms with van der Waals surface area (Å²) in [6.07, 6.45) is 1.52. The molecule has 1 saturated heterocycles. The average molecular weight is 435 g/mol. The Morgan fingerprint density at radius 3 is 2.34 bits per heavy atom. The highest BCUT2D eigenvalue weighted by Crippen LogP contribution is 2.28. The number of ether oxygens (including phenoxy) is 1. The Morgan fingerprint density at radius 2 is 1.72 bits per heavy atom. The third kappa shape index (κ3) is 4.61. The SMILES string of the molecule is CC(C)c1ccc(OCC(=O)N2CCC(c3nn(C)c(=O)n3-c3ccccc3)CC2)cc1. The van der Waals surface area contributed by atoms with E-state index in [1.54, 1.807) is 11.6 Å². The number of aromatic nitrogens is 3. The Morgan fingerprint density at radius 1 is 1.06 bits per heavy atom. The van der Waals surface area contributed by atoms with E-state index in [4.69, 9.17) is 4.74 Å². The van der Waals surface area contributed by atoms with Crippen LogP contribution >= 0.6 is 0 Å². The second kappa shape index (κ2) is 9.42. The van der Waals surface area contributed by atoms with Crippen LogP contribution in [-0.4, -0.2) is 44.9 Å². The van der Waals surface area contributed by atoms with Gasteiger partial charge in [0.05, 0.1) is 5.69 Å². The summed E-state index contributed by atoms with van der Waals surface area (Å²) in [4.78, 5) is 27.2. The molecule has 32 heavy (non-hydrogen) atoms. The van der Waals surface area contributed by atoms with E-state index >= 15 is 0 Å². The summed E-state index contributed by atoms with van der Waals surface area (Å²) in [5.74, 6) is 2.04. The van der Waals surface area contributed by atoms with Gasteiger partial charge in [0.15, 0.2) is 6.61 Å². The zero-order valence-corrected chi connectivity index (χ0v) is 18.9. The van der Waals surface area contributed by atoms with Crippen LogP contribution in [-0.2, 0) is 11.8 Å². The summed E-state index contributed by atoms with van der Waals surface area (Å²) in [7, 11) is 1.68. The number of benzene rings is 2. The smallest absolute Gasteiger partial charge is 0.350 e. The van der Waals surface area contributed by atoms with Crippen molar-refractivity contribution in [3.8, 4) is 11.4 Å². The quantitative estimate of drug-likeness (QED) is 0.596. The Balaban J connectivity index is 1.37. The zero-order chi connectivity index (χ0) is 22.7. The first kappa shape index (κ1) is 21.9. The molecule has 1 fully saturated rings. The number of carbonyl (C=O) groups excluding carboxylic acids is 1. The molecule has 168 valence electrons. The molecule has 0 spiro atoms. The Hall–Kier alpha value is -3.35. The van der Waals surface area contributed by atoms with Crippen LogP contribution in [0.3, 0.4) is 0 Å². The number of para-hydroxylation sites is 1. The van der Waals surface area contributed by atoms with Crippen molar-refractivity contribution in [2.45, 2.75) is 38.5 Å². The zero-order valence-electron chi connectivity index (χ0n) is 18.9. The van der Waals surface area contributed by atoms with Crippen molar-refractivity contribution in [3.05, 3.63) is 76.5 Å². The number of nitrogens with zero attached hydrogens (tertiary/aromatic N) is 4. The van der Waals surface area contributed by atoms with Crippen molar-refractivity contribution in [1.82, 2.24) is 19.2 Å². The summed E-state index contributed by atoms with van der Waals surface area (Å²) in [6, 6.07) is 17.5. The summed E-state index contributed by atoms with van der Waals surface area (Å²) >= 11 is 0. The molecule has 0 unspecified atom stereocenters. The molecule has 0 radical (unpaired) electrons. The fourth-order valence-corrected chi connectivity index (χ4v) is 4.14. The molecule has 2 aromatic carbocycles. The maximum absolute atomic E-state index is 12.7. The van der Waals surface area contributed by atoms with E-state index in [0.29, 0.717) is 24.8 Å². The minimum atomic E-state index is -0.151. The molecule has 1 aliphatic rings. The van der Waals surface area contributed by atoms with E-state index < -0.39 is 0 Å². The molecule has 0 saturated carbocycles. The van der Waals surface area contributed by atoms with E-state index in [0.717, 1.165) is 24.4 Å². The molecule has 7 heteroatoms. The summed E-state index contributed by atoms with van der Waals surface area (Å²) < 4.78 is 8.78. The van der Waals surface area contributed by atoms with Crippen molar-refractivity contribution in [3.63, 3.8) is 0 Å². The molecule has 0 bridgehead atoms. The van der Waals surface area contributed by atoms with Crippen LogP contribution in [0, 0.1) is 0 Å². The number of piperidine rings is 1. The number of aryl methyl sites for hydroxylation is 1. The lowest BCUT2D eigenvalue weighted by Crippen LogP contribution is -2.41. The van der Waals surface area contributed by atoms with Gasteiger partial charge in [0.1, 0.15) is 11.6 Å². The van der Waals surface area contributed by atoms with Crippen molar-refractivity contribution in [1.29, 1.82) is 0 Å². The van der Waals surface area contributed by atoms with Gasteiger partial charge in [-0.2, -0.15) is 5.10 Å². The van der Waals surface area contributed by atoms with Crippen molar-refractivity contribution >= 4 is 5.91 Å². The lowest BCUT2D eigenvalue weighted by Gasteiger charge is -2.31. The van der Waals surface area contributed by atoms with Crippen molar-refractivity contribution in [2.24, 2.45) is 7.05 Å². The first-order valence-electron chi connectivity index (χ1n) is 11.2. The molecule has 1 amide bonds. The fraction of sp³-hybridized carbons (Fsp3) is 0.400. The fourth-order valence-electron chi connectivity index (χ4n) is 4.14. The highest BCUT2D eigenvalue weighted by molar-refractivity contribution is 5.77. The number of hydrogen-bond donors (Lipinski definition) is 0. The van der Waals surface area contributed by atoms with Gasteiger partial charge in [-0.25, -0.2) is 14.0 Å². The first-order valence-corrected chi connectivity index (χ1v) is 11.2. The Bertz CT molecular complexity index is 1110. The van der Waals surface area contributed by atoms with Crippen LogP contribution in [0.15, 0.2) is 59.4 Å². The van der Waals surface area contributed by atoms with E-state index in [9.17, 15) is 9.59 Å². The lowest BCUT2D eigenvalue weighted by atomic mass is 9.95. The van der Waals surface area contributed by atoms with Crippen LogP contribution < -0.4 is 10.4 Å². The van der Waals surface area contributed by atoms with Crippen LogP contribution in [0.25, 0.3) is 5.69 Å². The van der Waals surface area contributed by atoms with Gasteiger partial charge in [0.2, 0.25) is 0 Å². The predicted molar refractivity (Wildman–Crippen MR) is 123 cm³/mol. The van der Waals surface area contributed by atoms with Crippen molar-refractivity contribution in [2.75, 3.05) is 19.7 Å². The first-order chi connectivity index (χ1) is 15.4. The van der Waals surface area contributed by atoms with Gasteiger partial charge in [-0.05, 0) is 48.6 Å². The Kier molecular flexibility index (Phi) is 6.44. The number of amides is 1. The molecule has 7 nitrogen and oxygen atoms in total. The molecule has 4 rings (SSSR count). The molecular weight excluding hydrogens is 404 g/mol. The van der Waals surface area contributed by atoms with Gasteiger partial charge >= 0.3 is 5.69 Å².